The molecule has 2 aliphatic carbocycles. The van der Waals surface area contributed by atoms with Crippen molar-refractivity contribution >= 4 is 5.82 Å². The van der Waals surface area contributed by atoms with E-state index in [0.717, 1.165) is 25.3 Å². The second-order valence-corrected chi connectivity index (χ2v) is 6.48. The largest absolute Gasteiger partial charge is 0.353 e. The number of rotatable bonds is 3. The third-order valence-corrected chi connectivity index (χ3v) is 4.76. The topological polar surface area (TPSA) is 32.3 Å². The minimum Gasteiger partial charge on any atom is -0.353 e. The average Bonchev–Trinajstić information content (AvgIpc) is 3.05. The van der Waals surface area contributed by atoms with E-state index in [4.69, 9.17) is 9.97 Å². The van der Waals surface area contributed by atoms with E-state index in [0.29, 0.717) is 12.0 Å². The van der Waals surface area contributed by atoms with Crippen LogP contribution >= 0.6 is 0 Å². The number of hydrogen-bond acceptors (Lipinski definition) is 4. The maximum Gasteiger partial charge on any atom is 0.135 e. The van der Waals surface area contributed by atoms with Gasteiger partial charge >= 0.3 is 0 Å². The third-order valence-electron chi connectivity index (χ3n) is 4.76. The SMILES string of the molecule is CN(C)C1CN(c2nc(C3CC3)nc3c2CCC3)C1. The molecule has 0 aromatic carbocycles. The fourth-order valence-corrected chi connectivity index (χ4v) is 3.17. The number of fused-ring (bicyclic) bond motifs is 1. The van der Waals surface area contributed by atoms with Crippen LogP contribution in [0.3, 0.4) is 0 Å². The van der Waals surface area contributed by atoms with Gasteiger partial charge in [0.25, 0.3) is 0 Å². The van der Waals surface area contributed by atoms with Crippen molar-refractivity contribution in [1.82, 2.24) is 14.9 Å². The van der Waals surface area contributed by atoms with Gasteiger partial charge in [-0.3, -0.25) is 0 Å². The lowest BCUT2D eigenvalue weighted by Gasteiger charge is -2.44. The minimum absolute atomic E-state index is 0.663. The van der Waals surface area contributed by atoms with Crippen molar-refractivity contribution in [2.24, 2.45) is 0 Å². The Morgan fingerprint density at radius 2 is 1.89 bits per heavy atom. The molecule has 1 aliphatic heterocycles. The molecule has 4 nitrogen and oxygen atoms in total. The zero-order valence-corrected chi connectivity index (χ0v) is 11.9. The Bertz CT molecular complexity index is 501. The summed E-state index contributed by atoms with van der Waals surface area (Å²) in [5.74, 6) is 3.06. The summed E-state index contributed by atoms with van der Waals surface area (Å²) in [5, 5.41) is 0. The third kappa shape index (κ3) is 1.93. The normalized spacial score (nSPS) is 22.8. The summed E-state index contributed by atoms with van der Waals surface area (Å²) in [4.78, 5) is 14.5. The minimum atomic E-state index is 0.663. The summed E-state index contributed by atoms with van der Waals surface area (Å²) >= 11 is 0. The van der Waals surface area contributed by atoms with E-state index in [2.05, 4.69) is 23.9 Å². The van der Waals surface area contributed by atoms with Gasteiger partial charge in [0.2, 0.25) is 0 Å². The zero-order valence-electron chi connectivity index (χ0n) is 11.9. The molecule has 2 fully saturated rings. The van der Waals surface area contributed by atoms with Crippen LogP contribution < -0.4 is 4.90 Å². The molecule has 1 saturated carbocycles. The van der Waals surface area contributed by atoms with E-state index in [1.807, 2.05) is 0 Å². The van der Waals surface area contributed by atoms with Gasteiger partial charge in [-0.2, -0.15) is 0 Å². The molecule has 4 rings (SSSR count). The zero-order chi connectivity index (χ0) is 13.0. The Morgan fingerprint density at radius 1 is 1.11 bits per heavy atom. The van der Waals surface area contributed by atoms with Gasteiger partial charge in [0, 0.05) is 36.3 Å². The fraction of sp³-hybridized carbons (Fsp3) is 0.733. The van der Waals surface area contributed by atoms with Crippen LogP contribution in [-0.4, -0.2) is 48.1 Å². The molecule has 1 saturated heterocycles. The average molecular weight is 258 g/mol. The first-order chi connectivity index (χ1) is 9.22. The second-order valence-electron chi connectivity index (χ2n) is 6.48. The molecule has 0 unspecified atom stereocenters. The lowest BCUT2D eigenvalue weighted by atomic mass is 10.1. The monoisotopic (exact) mass is 258 g/mol. The van der Waals surface area contributed by atoms with E-state index in [1.165, 1.54) is 42.8 Å². The predicted octanol–water partition coefficient (Wildman–Crippen LogP) is 1.59. The van der Waals surface area contributed by atoms with Crippen molar-refractivity contribution < 1.29 is 0 Å². The number of hydrogen-bond donors (Lipinski definition) is 0. The highest BCUT2D eigenvalue weighted by Crippen LogP contribution is 2.41. The maximum atomic E-state index is 4.92. The summed E-state index contributed by atoms with van der Waals surface area (Å²) < 4.78 is 0. The van der Waals surface area contributed by atoms with E-state index in [-0.39, 0.29) is 0 Å². The molecule has 0 N–H and O–H groups in total. The molecule has 0 spiro atoms. The Hall–Kier alpha value is -1.16. The van der Waals surface area contributed by atoms with Crippen molar-refractivity contribution in [2.75, 3.05) is 32.1 Å². The number of aromatic nitrogens is 2. The van der Waals surface area contributed by atoms with Gasteiger partial charge in [-0.25, -0.2) is 9.97 Å². The summed E-state index contributed by atoms with van der Waals surface area (Å²) in [7, 11) is 4.34. The first-order valence-electron chi connectivity index (χ1n) is 7.53. The first kappa shape index (κ1) is 11.6. The van der Waals surface area contributed by atoms with Crippen LogP contribution in [0.25, 0.3) is 0 Å². The van der Waals surface area contributed by atoms with Crippen molar-refractivity contribution in [3.05, 3.63) is 17.1 Å². The Morgan fingerprint density at radius 3 is 2.58 bits per heavy atom. The molecule has 4 heteroatoms. The van der Waals surface area contributed by atoms with Gasteiger partial charge in [0.05, 0.1) is 0 Å². The number of aryl methyl sites for hydroxylation is 1. The molecule has 19 heavy (non-hydrogen) atoms. The second kappa shape index (κ2) is 4.17. The van der Waals surface area contributed by atoms with Crippen molar-refractivity contribution in [2.45, 2.75) is 44.1 Å². The molecule has 0 bridgehead atoms. The number of likely N-dealkylation sites (N-methyl/N-ethyl adjacent to an activating group) is 1. The Balaban J connectivity index is 1.64. The van der Waals surface area contributed by atoms with Gasteiger partial charge in [0.1, 0.15) is 11.6 Å². The molecule has 0 amide bonds. The van der Waals surface area contributed by atoms with Crippen LogP contribution in [0.2, 0.25) is 0 Å². The number of anilines is 1. The van der Waals surface area contributed by atoms with Crippen LogP contribution in [0.5, 0.6) is 0 Å². The molecular weight excluding hydrogens is 236 g/mol. The molecule has 3 aliphatic rings. The van der Waals surface area contributed by atoms with Gasteiger partial charge in [0.15, 0.2) is 0 Å². The summed E-state index contributed by atoms with van der Waals surface area (Å²) in [6.45, 7) is 2.25. The van der Waals surface area contributed by atoms with Crippen LogP contribution in [0.4, 0.5) is 5.82 Å². The Labute approximate surface area is 114 Å². The first-order valence-corrected chi connectivity index (χ1v) is 7.53. The Kier molecular flexibility index (Phi) is 2.56. The van der Waals surface area contributed by atoms with E-state index in [1.54, 1.807) is 0 Å². The lowest BCUT2D eigenvalue weighted by molar-refractivity contribution is 0.245. The van der Waals surface area contributed by atoms with Crippen molar-refractivity contribution in [1.29, 1.82) is 0 Å². The van der Waals surface area contributed by atoms with Crippen molar-refractivity contribution in [3.8, 4) is 0 Å². The summed E-state index contributed by atoms with van der Waals surface area (Å²) in [5.41, 5.74) is 2.79. The summed E-state index contributed by atoms with van der Waals surface area (Å²) in [6, 6.07) is 0.691. The highest BCUT2D eigenvalue weighted by molar-refractivity contribution is 5.54. The van der Waals surface area contributed by atoms with E-state index < -0.39 is 0 Å². The lowest BCUT2D eigenvalue weighted by Crippen LogP contribution is -2.58. The van der Waals surface area contributed by atoms with Crippen LogP contribution in [0, 0.1) is 0 Å². The van der Waals surface area contributed by atoms with Gasteiger partial charge in [-0.05, 0) is 46.2 Å². The highest BCUT2D eigenvalue weighted by Gasteiger charge is 2.35. The molecule has 1 aromatic heterocycles. The molecular formula is C15H22N4. The van der Waals surface area contributed by atoms with Gasteiger partial charge in [-0.1, -0.05) is 0 Å². The summed E-state index contributed by atoms with van der Waals surface area (Å²) in [6.07, 6.45) is 6.18. The molecule has 102 valence electrons. The van der Waals surface area contributed by atoms with E-state index in [9.17, 15) is 0 Å². The maximum absolute atomic E-state index is 4.92. The fourth-order valence-electron chi connectivity index (χ4n) is 3.17. The van der Waals surface area contributed by atoms with Crippen LogP contribution in [0.15, 0.2) is 0 Å². The quantitative estimate of drug-likeness (QED) is 0.824. The number of nitrogens with zero attached hydrogens (tertiary/aromatic N) is 4. The molecule has 1 aromatic rings. The van der Waals surface area contributed by atoms with Crippen LogP contribution in [-0.2, 0) is 12.8 Å². The smallest absolute Gasteiger partial charge is 0.135 e. The predicted molar refractivity (Wildman–Crippen MR) is 75.7 cm³/mol. The standard InChI is InChI=1S/C15H22N4/c1-18(2)11-8-19(9-11)15-12-4-3-5-13(12)16-14(17-15)10-6-7-10/h10-11H,3-9H2,1-2H3. The molecule has 2 heterocycles. The van der Waals surface area contributed by atoms with Crippen LogP contribution in [0.1, 0.15) is 42.3 Å². The van der Waals surface area contributed by atoms with Gasteiger partial charge < -0.3 is 9.80 Å². The molecule has 0 radical (unpaired) electrons. The van der Waals surface area contributed by atoms with E-state index >= 15 is 0 Å². The van der Waals surface area contributed by atoms with Crippen molar-refractivity contribution in [3.63, 3.8) is 0 Å². The van der Waals surface area contributed by atoms with Gasteiger partial charge in [-0.15, -0.1) is 0 Å². The molecule has 0 atom stereocenters. The highest BCUT2D eigenvalue weighted by atomic mass is 15.3.